The van der Waals surface area contributed by atoms with Gasteiger partial charge in [0.2, 0.25) is 0 Å². The molecule has 0 bridgehead atoms. The Bertz CT molecular complexity index is 338. The molecule has 1 fully saturated rings. The van der Waals surface area contributed by atoms with Crippen LogP contribution in [-0.2, 0) is 7.05 Å². The van der Waals surface area contributed by atoms with Gasteiger partial charge in [-0.25, -0.2) is 0 Å². The van der Waals surface area contributed by atoms with Crippen LogP contribution >= 0.6 is 11.8 Å². The zero-order chi connectivity index (χ0) is 11.5. The lowest BCUT2D eigenvalue weighted by Crippen LogP contribution is -2.47. The lowest BCUT2D eigenvalue weighted by molar-refractivity contribution is 0.216. The number of hydrogen-bond donors (Lipinski definition) is 1. The fraction of sp³-hybridized carbons (Fsp3) is 0.727. The van der Waals surface area contributed by atoms with Gasteiger partial charge in [-0.15, -0.1) is 0 Å². The Kier molecular flexibility index (Phi) is 3.89. The van der Waals surface area contributed by atoms with Crippen molar-refractivity contribution in [3.8, 4) is 0 Å². The molecule has 90 valence electrons. The van der Waals surface area contributed by atoms with E-state index in [1.165, 1.54) is 23.7 Å². The number of likely N-dealkylation sites (N-methyl/N-ethyl adjacent to an activating group) is 2. The number of aryl methyl sites for hydroxylation is 1. The molecule has 1 aliphatic heterocycles. The summed E-state index contributed by atoms with van der Waals surface area (Å²) in [4.78, 5) is 2.45. The van der Waals surface area contributed by atoms with Crippen LogP contribution in [0.5, 0.6) is 0 Å². The van der Waals surface area contributed by atoms with Gasteiger partial charge in [-0.2, -0.15) is 16.9 Å². The minimum atomic E-state index is 0.366. The van der Waals surface area contributed by atoms with E-state index in [0.29, 0.717) is 12.1 Å². The Hall–Kier alpha value is -0.520. The van der Waals surface area contributed by atoms with E-state index in [1.807, 2.05) is 36.7 Å². The molecule has 1 aliphatic rings. The van der Waals surface area contributed by atoms with Gasteiger partial charge in [0.1, 0.15) is 0 Å². The van der Waals surface area contributed by atoms with Crippen LogP contribution in [0.4, 0.5) is 0 Å². The largest absolute Gasteiger partial charge is 0.310 e. The van der Waals surface area contributed by atoms with Crippen molar-refractivity contribution in [1.29, 1.82) is 0 Å². The summed E-state index contributed by atoms with van der Waals surface area (Å²) in [6, 6.07) is 3.03. The molecule has 0 spiro atoms. The molecule has 4 nitrogen and oxygen atoms in total. The van der Waals surface area contributed by atoms with E-state index in [-0.39, 0.29) is 0 Å². The SMILES string of the molecule is CNC(c1ccnn1C)C1CSCCN1C. The Morgan fingerprint density at radius 2 is 2.38 bits per heavy atom. The molecule has 1 aromatic heterocycles. The van der Waals surface area contributed by atoms with Gasteiger partial charge in [0.15, 0.2) is 0 Å². The number of rotatable bonds is 3. The van der Waals surface area contributed by atoms with E-state index in [1.54, 1.807) is 0 Å². The van der Waals surface area contributed by atoms with E-state index in [4.69, 9.17) is 0 Å². The van der Waals surface area contributed by atoms with Gasteiger partial charge < -0.3 is 5.32 Å². The summed E-state index contributed by atoms with van der Waals surface area (Å²) < 4.78 is 1.97. The van der Waals surface area contributed by atoms with Crippen molar-refractivity contribution in [2.75, 3.05) is 32.1 Å². The van der Waals surface area contributed by atoms with Crippen molar-refractivity contribution in [1.82, 2.24) is 20.0 Å². The average Bonchev–Trinajstić information content (AvgIpc) is 2.69. The Morgan fingerprint density at radius 1 is 1.56 bits per heavy atom. The van der Waals surface area contributed by atoms with Gasteiger partial charge in [-0.1, -0.05) is 0 Å². The normalized spacial score (nSPS) is 24.6. The highest BCUT2D eigenvalue weighted by atomic mass is 32.2. The summed E-state index contributed by atoms with van der Waals surface area (Å²) in [5.74, 6) is 2.43. The summed E-state index contributed by atoms with van der Waals surface area (Å²) in [7, 11) is 6.26. The summed E-state index contributed by atoms with van der Waals surface area (Å²) in [5.41, 5.74) is 1.27. The summed E-state index contributed by atoms with van der Waals surface area (Å²) >= 11 is 2.04. The predicted octanol–water partition coefficient (Wildman–Crippen LogP) is 0.728. The van der Waals surface area contributed by atoms with Crippen LogP contribution in [0.15, 0.2) is 12.3 Å². The molecule has 0 aromatic carbocycles. The number of nitrogens with zero attached hydrogens (tertiary/aromatic N) is 3. The third kappa shape index (κ3) is 2.26. The highest BCUT2D eigenvalue weighted by Crippen LogP contribution is 2.25. The van der Waals surface area contributed by atoms with Crippen molar-refractivity contribution >= 4 is 11.8 Å². The van der Waals surface area contributed by atoms with Gasteiger partial charge in [0.05, 0.1) is 11.7 Å². The topological polar surface area (TPSA) is 33.1 Å². The number of aromatic nitrogens is 2. The first-order valence-corrected chi connectivity index (χ1v) is 6.82. The molecular weight excluding hydrogens is 220 g/mol. The van der Waals surface area contributed by atoms with Crippen LogP contribution in [0.25, 0.3) is 0 Å². The summed E-state index contributed by atoms with van der Waals surface area (Å²) in [6.07, 6.45) is 1.87. The van der Waals surface area contributed by atoms with Crippen LogP contribution in [-0.4, -0.2) is 52.9 Å². The van der Waals surface area contributed by atoms with Gasteiger partial charge in [0, 0.05) is 37.3 Å². The zero-order valence-electron chi connectivity index (χ0n) is 10.2. The number of thioether (sulfide) groups is 1. The number of nitrogens with one attached hydrogen (secondary N) is 1. The first-order valence-electron chi connectivity index (χ1n) is 5.67. The molecule has 1 aromatic rings. The Labute approximate surface area is 101 Å². The quantitative estimate of drug-likeness (QED) is 0.844. The molecule has 0 saturated carbocycles. The second kappa shape index (κ2) is 5.21. The number of hydrogen-bond acceptors (Lipinski definition) is 4. The molecular formula is C11H20N4S. The zero-order valence-corrected chi connectivity index (χ0v) is 11.0. The highest BCUT2D eigenvalue weighted by molar-refractivity contribution is 7.99. The first-order chi connectivity index (χ1) is 7.74. The van der Waals surface area contributed by atoms with Crippen LogP contribution in [0, 0.1) is 0 Å². The van der Waals surface area contributed by atoms with E-state index < -0.39 is 0 Å². The average molecular weight is 240 g/mol. The molecule has 0 aliphatic carbocycles. The van der Waals surface area contributed by atoms with E-state index >= 15 is 0 Å². The van der Waals surface area contributed by atoms with Gasteiger partial charge in [-0.3, -0.25) is 9.58 Å². The fourth-order valence-corrected chi connectivity index (χ4v) is 3.56. The first kappa shape index (κ1) is 12.0. The van der Waals surface area contributed by atoms with Crippen LogP contribution in [0.2, 0.25) is 0 Å². The second-order valence-electron chi connectivity index (χ2n) is 4.27. The van der Waals surface area contributed by atoms with Crippen molar-refractivity contribution in [2.45, 2.75) is 12.1 Å². The molecule has 2 rings (SSSR count). The van der Waals surface area contributed by atoms with Crippen LogP contribution in [0.1, 0.15) is 11.7 Å². The summed E-state index contributed by atoms with van der Waals surface area (Å²) in [5, 5.41) is 7.69. The molecule has 2 atom stereocenters. The second-order valence-corrected chi connectivity index (χ2v) is 5.42. The standard InChI is InChI=1S/C11H20N4S/c1-12-11(9-4-5-13-15(9)3)10-8-16-7-6-14(10)2/h4-5,10-12H,6-8H2,1-3H3. The Balaban J connectivity index is 2.18. The highest BCUT2D eigenvalue weighted by Gasteiger charge is 2.29. The van der Waals surface area contributed by atoms with Gasteiger partial charge in [-0.05, 0) is 20.2 Å². The van der Waals surface area contributed by atoms with Crippen molar-refractivity contribution < 1.29 is 0 Å². The molecule has 0 radical (unpaired) electrons. The van der Waals surface area contributed by atoms with Crippen molar-refractivity contribution in [3.63, 3.8) is 0 Å². The van der Waals surface area contributed by atoms with Crippen LogP contribution in [0.3, 0.4) is 0 Å². The monoisotopic (exact) mass is 240 g/mol. The maximum Gasteiger partial charge on any atom is 0.0655 e. The van der Waals surface area contributed by atoms with Gasteiger partial charge >= 0.3 is 0 Å². The predicted molar refractivity (Wildman–Crippen MR) is 68.8 cm³/mol. The Morgan fingerprint density at radius 3 is 2.94 bits per heavy atom. The smallest absolute Gasteiger partial charge is 0.0655 e. The van der Waals surface area contributed by atoms with E-state index in [0.717, 1.165) is 0 Å². The molecule has 1 N–H and O–H groups in total. The van der Waals surface area contributed by atoms with Gasteiger partial charge in [0.25, 0.3) is 0 Å². The molecule has 16 heavy (non-hydrogen) atoms. The maximum atomic E-state index is 4.26. The molecule has 0 amide bonds. The molecule has 2 unspecified atom stereocenters. The third-order valence-electron chi connectivity index (χ3n) is 3.32. The maximum absolute atomic E-state index is 4.26. The molecule has 1 saturated heterocycles. The lowest BCUT2D eigenvalue weighted by Gasteiger charge is -2.37. The van der Waals surface area contributed by atoms with Crippen molar-refractivity contribution in [2.24, 2.45) is 7.05 Å². The third-order valence-corrected chi connectivity index (χ3v) is 4.36. The summed E-state index contributed by atoms with van der Waals surface area (Å²) in [6.45, 7) is 1.17. The fourth-order valence-electron chi connectivity index (χ4n) is 2.28. The molecule has 5 heteroatoms. The minimum Gasteiger partial charge on any atom is -0.310 e. The van der Waals surface area contributed by atoms with E-state index in [2.05, 4.69) is 28.4 Å². The lowest BCUT2D eigenvalue weighted by atomic mass is 10.1. The molecule has 2 heterocycles. The van der Waals surface area contributed by atoms with E-state index in [9.17, 15) is 0 Å². The minimum absolute atomic E-state index is 0.366. The van der Waals surface area contributed by atoms with Crippen LogP contribution < -0.4 is 5.32 Å². The van der Waals surface area contributed by atoms with Crippen molar-refractivity contribution in [3.05, 3.63) is 18.0 Å².